The molecule has 22 heavy (non-hydrogen) atoms. The third kappa shape index (κ3) is 4.35. The number of nitrogens with one attached hydrogen (secondary N) is 1. The highest BCUT2D eigenvalue weighted by atomic mass is 79.9. The van der Waals surface area contributed by atoms with E-state index in [0.717, 1.165) is 9.37 Å². The van der Waals surface area contributed by atoms with Crippen LogP contribution in [-0.2, 0) is 9.53 Å². The molecule has 0 atom stereocenters. The summed E-state index contributed by atoms with van der Waals surface area (Å²) in [6.07, 6.45) is 0. The third-order valence-electron chi connectivity index (χ3n) is 2.80. The zero-order valence-electron chi connectivity index (χ0n) is 11.8. The lowest BCUT2D eigenvalue weighted by atomic mass is 10.2. The molecule has 0 aliphatic heterocycles. The number of amides is 1. The van der Waals surface area contributed by atoms with Crippen LogP contribution in [0.4, 0.5) is 5.69 Å². The van der Waals surface area contributed by atoms with E-state index < -0.39 is 5.97 Å². The second-order valence-electron chi connectivity index (χ2n) is 4.30. The number of esters is 1. The summed E-state index contributed by atoms with van der Waals surface area (Å²) in [5, 5.41) is 2.82. The predicted octanol–water partition coefficient (Wildman–Crippen LogP) is 3.97. The van der Waals surface area contributed by atoms with E-state index in [2.05, 4.69) is 21.2 Å². The van der Waals surface area contributed by atoms with Crippen molar-refractivity contribution in [2.24, 2.45) is 0 Å². The highest BCUT2D eigenvalue weighted by Gasteiger charge is 2.13. The monoisotopic (exact) mass is 379 g/mol. The number of anilines is 1. The molecule has 0 heterocycles. The minimum absolute atomic E-state index is 0.142. The summed E-state index contributed by atoms with van der Waals surface area (Å²) in [5.74, 6) is -0.346. The SMILES string of the molecule is COC(=O)c1ccccc1SCC(=O)Nc1ccccc1Br. The summed E-state index contributed by atoms with van der Waals surface area (Å²) in [4.78, 5) is 24.4. The molecular formula is C16H14BrNO3S. The van der Waals surface area contributed by atoms with Gasteiger partial charge < -0.3 is 10.1 Å². The van der Waals surface area contributed by atoms with Crippen molar-refractivity contribution in [2.75, 3.05) is 18.2 Å². The maximum absolute atomic E-state index is 12.0. The quantitative estimate of drug-likeness (QED) is 0.630. The molecule has 1 amide bonds. The number of carbonyl (C=O) groups excluding carboxylic acids is 2. The Morgan fingerprint density at radius 3 is 2.55 bits per heavy atom. The van der Waals surface area contributed by atoms with Crippen molar-refractivity contribution in [1.29, 1.82) is 0 Å². The molecule has 1 N–H and O–H groups in total. The Labute approximate surface area is 141 Å². The molecule has 0 saturated heterocycles. The molecule has 0 aliphatic carbocycles. The van der Waals surface area contributed by atoms with E-state index in [1.54, 1.807) is 18.2 Å². The number of ether oxygens (including phenoxy) is 1. The number of hydrogen-bond donors (Lipinski definition) is 1. The van der Waals surface area contributed by atoms with Crippen molar-refractivity contribution in [1.82, 2.24) is 0 Å². The molecule has 0 radical (unpaired) electrons. The van der Waals surface area contributed by atoms with Crippen LogP contribution in [0.2, 0.25) is 0 Å². The summed E-state index contributed by atoms with van der Waals surface area (Å²) < 4.78 is 5.56. The molecule has 0 fully saturated rings. The summed E-state index contributed by atoms with van der Waals surface area (Å²) >= 11 is 4.67. The Bertz CT molecular complexity index is 691. The zero-order valence-corrected chi connectivity index (χ0v) is 14.2. The predicted molar refractivity (Wildman–Crippen MR) is 91.3 cm³/mol. The van der Waals surface area contributed by atoms with Crippen LogP contribution < -0.4 is 5.32 Å². The number of rotatable bonds is 5. The van der Waals surface area contributed by atoms with Gasteiger partial charge in [0.05, 0.1) is 24.1 Å². The second kappa shape index (κ2) is 8.00. The van der Waals surface area contributed by atoms with Crippen molar-refractivity contribution in [3.63, 3.8) is 0 Å². The van der Waals surface area contributed by atoms with E-state index >= 15 is 0 Å². The van der Waals surface area contributed by atoms with Gasteiger partial charge in [-0.2, -0.15) is 0 Å². The lowest BCUT2D eigenvalue weighted by Gasteiger charge is -2.09. The van der Waals surface area contributed by atoms with Gasteiger partial charge in [-0.05, 0) is 40.2 Å². The highest BCUT2D eigenvalue weighted by molar-refractivity contribution is 9.10. The number of halogens is 1. The normalized spacial score (nSPS) is 10.1. The van der Waals surface area contributed by atoms with E-state index in [1.807, 2.05) is 30.3 Å². The molecule has 2 rings (SSSR count). The fourth-order valence-electron chi connectivity index (χ4n) is 1.76. The van der Waals surface area contributed by atoms with Crippen LogP contribution in [0.1, 0.15) is 10.4 Å². The summed E-state index contributed by atoms with van der Waals surface area (Å²) in [5.41, 5.74) is 1.18. The molecule has 0 unspecified atom stereocenters. The Balaban J connectivity index is 2.00. The zero-order chi connectivity index (χ0) is 15.9. The Hall–Kier alpha value is -1.79. The largest absolute Gasteiger partial charge is 0.465 e. The van der Waals surface area contributed by atoms with E-state index in [0.29, 0.717) is 11.3 Å². The molecule has 2 aromatic carbocycles. The lowest BCUT2D eigenvalue weighted by Crippen LogP contribution is -2.14. The number of carbonyl (C=O) groups is 2. The molecule has 0 spiro atoms. The van der Waals surface area contributed by atoms with E-state index in [9.17, 15) is 9.59 Å². The minimum Gasteiger partial charge on any atom is -0.465 e. The average molecular weight is 380 g/mol. The van der Waals surface area contributed by atoms with Crippen LogP contribution in [-0.4, -0.2) is 24.7 Å². The van der Waals surface area contributed by atoms with Crippen molar-refractivity contribution in [3.05, 3.63) is 58.6 Å². The van der Waals surface area contributed by atoms with E-state index in [4.69, 9.17) is 4.74 Å². The molecular weight excluding hydrogens is 366 g/mol. The standard InChI is InChI=1S/C16H14BrNO3S/c1-21-16(20)11-6-2-5-9-14(11)22-10-15(19)18-13-8-4-3-7-12(13)17/h2-9H,10H2,1H3,(H,18,19). The smallest absolute Gasteiger partial charge is 0.338 e. The molecule has 6 heteroatoms. The van der Waals surface area contributed by atoms with Crippen LogP contribution in [0.15, 0.2) is 57.9 Å². The second-order valence-corrected chi connectivity index (χ2v) is 6.18. The molecule has 0 aromatic heterocycles. The van der Waals surface area contributed by atoms with Gasteiger partial charge in [-0.15, -0.1) is 11.8 Å². The minimum atomic E-state index is -0.408. The van der Waals surface area contributed by atoms with Gasteiger partial charge in [0.15, 0.2) is 0 Å². The van der Waals surface area contributed by atoms with E-state index in [-0.39, 0.29) is 11.7 Å². The Morgan fingerprint density at radius 2 is 1.82 bits per heavy atom. The summed E-state index contributed by atoms with van der Waals surface area (Å²) in [7, 11) is 1.34. The first-order valence-electron chi connectivity index (χ1n) is 6.46. The van der Waals surface area contributed by atoms with Crippen molar-refractivity contribution in [3.8, 4) is 0 Å². The van der Waals surface area contributed by atoms with Crippen LogP contribution in [0.3, 0.4) is 0 Å². The number of methoxy groups -OCH3 is 1. The molecule has 4 nitrogen and oxygen atoms in total. The fraction of sp³-hybridized carbons (Fsp3) is 0.125. The van der Waals surface area contributed by atoms with Crippen LogP contribution in [0, 0.1) is 0 Å². The van der Waals surface area contributed by atoms with Gasteiger partial charge in [-0.1, -0.05) is 24.3 Å². The van der Waals surface area contributed by atoms with Gasteiger partial charge >= 0.3 is 5.97 Å². The van der Waals surface area contributed by atoms with Gasteiger partial charge in [-0.25, -0.2) is 4.79 Å². The molecule has 114 valence electrons. The lowest BCUT2D eigenvalue weighted by molar-refractivity contribution is -0.113. The van der Waals surface area contributed by atoms with Crippen molar-refractivity contribution >= 4 is 45.3 Å². The molecule has 0 bridgehead atoms. The van der Waals surface area contributed by atoms with Crippen LogP contribution in [0.5, 0.6) is 0 Å². The highest BCUT2D eigenvalue weighted by Crippen LogP contribution is 2.25. The first-order valence-corrected chi connectivity index (χ1v) is 8.24. The van der Waals surface area contributed by atoms with Gasteiger partial charge in [0.2, 0.25) is 5.91 Å². The topological polar surface area (TPSA) is 55.4 Å². The summed E-state index contributed by atoms with van der Waals surface area (Å²) in [6.45, 7) is 0. The number of hydrogen-bond acceptors (Lipinski definition) is 4. The number of para-hydroxylation sites is 1. The number of thioether (sulfide) groups is 1. The van der Waals surface area contributed by atoms with Crippen molar-refractivity contribution in [2.45, 2.75) is 4.90 Å². The first kappa shape index (κ1) is 16.6. The van der Waals surface area contributed by atoms with Gasteiger partial charge in [0.25, 0.3) is 0 Å². The molecule has 0 saturated carbocycles. The maximum atomic E-state index is 12.0. The van der Waals surface area contributed by atoms with E-state index in [1.165, 1.54) is 18.9 Å². The van der Waals surface area contributed by atoms with Gasteiger partial charge in [0.1, 0.15) is 0 Å². The summed E-state index contributed by atoms with van der Waals surface area (Å²) in [6, 6.07) is 14.5. The van der Waals surface area contributed by atoms with Crippen LogP contribution >= 0.6 is 27.7 Å². The van der Waals surface area contributed by atoms with Gasteiger partial charge in [-0.3, -0.25) is 4.79 Å². The van der Waals surface area contributed by atoms with Crippen molar-refractivity contribution < 1.29 is 14.3 Å². The maximum Gasteiger partial charge on any atom is 0.338 e. The average Bonchev–Trinajstić information content (AvgIpc) is 2.54. The Kier molecular flexibility index (Phi) is 6.03. The van der Waals surface area contributed by atoms with Gasteiger partial charge in [0, 0.05) is 9.37 Å². The first-order chi connectivity index (χ1) is 10.6. The fourth-order valence-corrected chi connectivity index (χ4v) is 2.99. The Morgan fingerprint density at radius 1 is 1.14 bits per heavy atom. The van der Waals surface area contributed by atoms with Crippen LogP contribution in [0.25, 0.3) is 0 Å². The molecule has 0 aliphatic rings. The number of benzene rings is 2. The molecule has 2 aromatic rings. The third-order valence-corrected chi connectivity index (χ3v) is 4.56.